The van der Waals surface area contributed by atoms with E-state index in [-0.39, 0.29) is 17.9 Å². The van der Waals surface area contributed by atoms with Gasteiger partial charge in [-0.15, -0.1) is 0 Å². The van der Waals surface area contributed by atoms with Gasteiger partial charge >= 0.3 is 0 Å². The molecule has 2 fully saturated rings. The number of piperazine rings is 2. The number of nitrogens with zero attached hydrogens (tertiary/aromatic N) is 4. The van der Waals surface area contributed by atoms with E-state index in [9.17, 15) is 9.59 Å². The molecule has 2 aliphatic heterocycles. The predicted molar refractivity (Wildman–Crippen MR) is 114 cm³/mol. The van der Waals surface area contributed by atoms with E-state index in [1.165, 1.54) is 6.08 Å². The Morgan fingerprint density at radius 2 is 1.64 bits per heavy atom. The maximum Gasteiger partial charge on any atom is 0.246 e. The second-order valence-electron chi connectivity index (χ2n) is 8.53. The van der Waals surface area contributed by atoms with Gasteiger partial charge in [0.05, 0.1) is 0 Å². The molecule has 0 aromatic rings. The molecule has 28 heavy (non-hydrogen) atoms. The van der Waals surface area contributed by atoms with Crippen LogP contribution in [0.1, 0.15) is 41.0 Å². The molecule has 0 radical (unpaired) electrons. The van der Waals surface area contributed by atoms with Crippen LogP contribution in [-0.2, 0) is 9.59 Å². The molecule has 0 N–H and O–H groups in total. The summed E-state index contributed by atoms with van der Waals surface area (Å²) in [5.41, 5.74) is 0. The van der Waals surface area contributed by atoms with Crippen molar-refractivity contribution in [2.75, 3.05) is 39.3 Å². The largest absolute Gasteiger partial charge is 0.337 e. The monoisotopic (exact) mass is 390 g/mol. The standard InChI is InChI=1S/C22H38N4O2/c1-7-21(27)24-13-11-23(12-14-24)18(4)9-8-10-22(28)26-16-19(5)25(17(2)3)15-20(26)6/h7-8,10,17-20H,1,9,11-16H2,2-6H3/b10-8-. The Bertz CT molecular complexity index is 581. The Morgan fingerprint density at radius 3 is 2.21 bits per heavy atom. The van der Waals surface area contributed by atoms with Gasteiger partial charge in [0.2, 0.25) is 11.8 Å². The summed E-state index contributed by atoms with van der Waals surface area (Å²) in [6.07, 6.45) is 6.00. The molecule has 2 saturated heterocycles. The van der Waals surface area contributed by atoms with Gasteiger partial charge in [-0.1, -0.05) is 12.7 Å². The lowest BCUT2D eigenvalue weighted by molar-refractivity contribution is -0.132. The van der Waals surface area contributed by atoms with E-state index >= 15 is 0 Å². The van der Waals surface area contributed by atoms with Crippen LogP contribution in [-0.4, -0.2) is 94.8 Å². The average molecular weight is 391 g/mol. The minimum absolute atomic E-state index is 0.0127. The first-order chi connectivity index (χ1) is 13.2. The van der Waals surface area contributed by atoms with E-state index in [1.807, 2.05) is 15.9 Å². The first kappa shape index (κ1) is 22.6. The van der Waals surface area contributed by atoms with Crippen molar-refractivity contribution in [3.63, 3.8) is 0 Å². The van der Waals surface area contributed by atoms with Gasteiger partial charge in [0.1, 0.15) is 0 Å². The van der Waals surface area contributed by atoms with E-state index in [0.717, 1.165) is 45.7 Å². The smallest absolute Gasteiger partial charge is 0.246 e. The van der Waals surface area contributed by atoms with Gasteiger partial charge in [-0.25, -0.2) is 0 Å². The minimum atomic E-state index is 0.0127. The summed E-state index contributed by atoms with van der Waals surface area (Å²) < 4.78 is 0. The maximum absolute atomic E-state index is 12.7. The Balaban J connectivity index is 1.80. The van der Waals surface area contributed by atoms with E-state index in [1.54, 1.807) is 6.08 Å². The Kier molecular flexibility index (Phi) is 8.25. The average Bonchev–Trinajstić information content (AvgIpc) is 2.68. The second kappa shape index (κ2) is 10.2. The summed E-state index contributed by atoms with van der Waals surface area (Å²) in [4.78, 5) is 33.1. The molecule has 0 aromatic heterocycles. The molecule has 158 valence electrons. The lowest BCUT2D eigenvalue weighted by Gasteiger charge is -2.45. The van der Waals surface area contributed by atoms with Gasteiger partial charge in [-0.2, -0.15) is 0 Å². The molecule has 3 atom stereocenters. The molecule has 2 heterocycles. The van der Waals surface area contributed by atoms with Gasteiger partial charge in [0, 0.05) is 63.4 Å². The van der Waals surface area contributed by atoms with Crippen molar-refractivity contribution >= 4 is 11.8 Å². The highest BCUT2D eigenvalue weighted by molar-refractivity contribution is 5.88. The van der Waals surface area contributed by atoms with Crippen LogP contribution < -0.4 is 0 Å². The Hall–Kier alpha value is -1.66. The highest BCUT2D eigenvalue weighted by Crippen LogP contribution is 2.18. The summed E-state index contributed by atoms with van der Waals surface area (Å²) in [6, 6.07) is 1.50. The fourth-order valence-corrected chi connectivity index (χ4v) is 4.30. The summed E-state index contributed by atoms with van der Waals surface area (Å²) in [5, 5.41) is 0. The molecule has 0 aliphatic carbocycles. The van der Waals surface area contributed by atoms with Crippen LogP contribution in [0.2, 0.25) is 0 Å². The van der Waals surface area contributed by atoms with Crippen LogP contribution in [0.25, 0.3) is 0 Å². The van der Waals surface area contributed by atoms with Crippen LogP contribution >= 0.6 is 0 Å². The van der Waals surface area contributed by atoms with Crippen LogP contribution in [0.5, 0.6) is 0 Å². The van der Waals surface area contributed by atoms with Gasteiger partial charge in [0.25, 0.3) is 0 Å². The third-order valence-electron chi connectivity index (χ3n) is 6.14. The van der Waals surface area contributed by atoms with Crippen molar-refractivity contribution < 1.29 is 9.59 Å². The van der Waals surface area contributed by atoms with Gasteiger partial charge < -0.3 is 9.80 Å². The number of amides is 2. The summed E-state index contributed by atoms with van der Waals surface area (Å²) >= 11 is 0. The molecule has 2 amide bonds. The molecule has 3 unspecified atom stereocenters. The zero-order valence-corrected chi connectivity index (χ0v) is 18.3. The number of hydrogen-bond donors (Lipinski definition) is 0. The highest BCUT2D eigenvalue weighted by atomic mass is 16.2. The normalized spacial score (nSPS) is 26.1. The molecule has 0 spiro atoms. The topological polar surface area (TPSA) is 47.1 Å². The summed E-state index contributed by atoms with van der Waals surface area (Å²) in [5.74, 6) is 0.134. The van der Waals surface area contributed by atoms with E-state index in [0.29, 0.717) is 18.1 Å². The molecular formula is C22H38N4O2. The third kappa shape index (κ3) is 5.67. The molecule has 0 aromatic carbocycles. The van der Waals surface area contributed by atoms with E-state index in [2.05, 4.69) is 51.0 Å². The lowest BCUT2D eigenvalue weighted by atomic mass is 10.1. The third-order valence-corrected chi connectivity index (χ3v) is 6.14. The number of rotatable bonds is 6. The first-order valence-corrected chi connectivity index (χ1v) is 10.6. The fraction of sp³-hybridized carbons (Fsp3) is 0.727. The molecule has 2 aliphatic rings. The molecule has 0 saturated carbocycles. The fourth-order valence-electron chi connectivity index (χ4n) is 4.30. The lowest BCUT2D eigenvalue weighted by Crippen LogP contribution is -2.59. The van der Waals surface area contributed by atoms with Crippen LogP contribution in [0.3, 0.4) is 0 Å². The van der Waals surface area contributed by atoms with Crippen LogP contribution in [0.4, 0.5) is 0 Å². The predicted octanol–water partition coefficient (Wildman–Crippen LogP) is 1.98. The number of carbonyl (C=O) groups is 2. The quantitative estimate of drug-likeness (QED) is 0.651. The van der Waals surface area contributed by atoms with E-state index in [4.69, 9.17) is 0 Å². The number of carbonyl (C=O) groups excluding carboxylic acids is 2. The number of hydrogen-bond acceptors (Lipinski definition) is 4. The van der Waals surface area contributed by atoms with Crippen molar-refractivity contribution in [3.8, 4) is 0 Å². The van der Waals surface area contributed by atoms with Crippen molar-refractivity contribution in [2.24, 2.45) is 0 Å². The molecule has 2 rings (SSSR count). The zero-order valence-electron chi connectivity index (χ0n) is 18.3. The highest BCUT2D eigenvalue weighted by Gasteiger charge is 2.32. The Labute approximate surface area is 170 Å². The minimum Gasteiger partial charge on any atom is -0.337 e. The van der Waals surface area contributed by atoms with Gasteiger partial charge in [-0.05, 0) is 53.2 Å². The van der Waals surface area contributed by atoms with Crippen molar-refractivity contribution in [1.82, 2.24) is 19.6 Å². The molecule has 6 nitrogen and oxygen atoms in total. The van der Waals surface area contributed by atoms with Crippen LogP contribution in [0, 0.1) is 0 Å². The summed E-state index contributed by atoms with van der Waals surface area (Å²) in [7, 11) is 0. The molecule has 0 bridgehead atoms. The summed E-state index contributed by atoms with van der Waals surface area (Å²) in [6.45, 7) is 19.5. The molecule has 6 heteroatoms. The Morgan fingerprint density at radius 1 is 1.00 bits per heavy atom. The van der Waals surface area contributed by atoms with Crippen molar-refractivity contribution in [3.05, 3.63) is 24.8 Å². The van der Waals surface area contributed by atoms with Gasteiger partial charge in [0.15, 0.2) is 0 Å². The van der Waals surface area contributed by atoms with Crippen molar-refractivity contribution in [1.29, 1.82) is 0 Å². The van der Waals surface area contributed by atoms with Gasteiger partial charge in [-0.3, -0.25) is 19.4 Å². The maximum atomic E-state index is 12.7. The molecular weight excluding hydrogens is 352 g/mol. The van der Waals surface area contributed by atoms with Crippen LogP contribution in [0.15, 0.2) is 24.8 Å². The first-order valence-electron chi connectivity index (χ1n) is 10.6. The SMILES string of the molecule is C=CC(=O)N1CCN(C(C)C/C=C\C(=O)N2CC(C)N(C(C)C)CC2C)CC1. The van der Waals surface area contributed by atoms with E-state index < -0.39 is 0 Å². The zero-order chi connectivity index (χ0) is 20.8. The van der Waals surface area contributed by atoms with Crippen molar-refractivity contribution in [2.45, 2.75) is 65.2 Å². The second-order valence-corrected chi connectivity index (χ2v) is 8.53.